The van der Waals surface area contributed by atoms with Gasteiger partial charge in [-0.3, -0.25) is 0 Å². The van der Waals surface area contributed by atoms with E-state index in [4.69, 9.17) is 16.1 Å². The Balaban J connectivity index is 2.42. The molecule has 0 aliphatic heterocycles. The fourth-order valence-corrected chi connectivity index (χ4v) is 1.44. The highest BCUT2D eigenvalue weighted by Crippen LogP contribution is 2.26. The highest BCUT2D eigenvalue weighted by molar-refractivity contribution is 6.33. The monoisotopic (exact) mass is 222 g/mol. The number of hydrogen-bond donors (Lipinski definition) is 0. The molecule has 2 rings (SSSR count). The number of hydrogen-bond acceptors (Lipinski definition) is 3. The minimum atomic E-state index is 0.230. The Bertz CT molecular complexity index is 465. The average Bonchev–Trinajstić information content (AvgIpc) is 2.67. The molecule has 15 heavy (non-hydrogen) atoms. The van der Waals surface area contributed by atoms with Crippen LogP contribution in [0, 0.1) is 0 Å². The van der Waals surface area contributed by atoms with Gasteiger partial charge in [0.2, 0.25) is 11.7 Å². The van der Waals surface area contributed by atoms with Crippen LogP contribution in [0.25, 0.3) is 11.4 Å². The van der Waals surface area contributed by atoms with Crippen LogP contribution in [-0.2, 0) is 0 Å². The van der Waals surface area contributed by atoms with Gasteiger partial charge in [-0.2, -0.15) is 4.98 Å². The van der Waals surface area contributed by atoms with Crippen molar-refractivity contribution >= 4 is 11.6 Å². The molecule has 78 valence electrons. The Hall–Kier alpha value is -1.35. The summed E-state index contributed by atoms with van der Waals surface area (Å²) in [5.41, 5.74) is 0.801. The van der Waals surface area contributed by atoms with Gasteiger partial charge in [0.25, 0.3) is 0 Å². The van der Waals surface area contributed by atoms with Gasteiger partial charge >= 0.3 is 0 Å². The minimum absolute atomic E-state index is 0.230. The Morgan fingerprint density at radius 2 is 2.00 bits per heavy atom. The summed E-state index contributed by atoms with van der Waals surface area (Å²) in [7, 11) is 0. The Labute approximate surface area is 93.1 Å². The van der Waals surface area contributed by atoms with Crippen LogP contribution in [0.15, 0.2) is 28.8 Å². The van der Waals surface area contributed by atoms with Crippen LogP contribution in [0.3, 0.4) is 0 Å². The lowest BCUT2D eigenvalue weighted by atomic mass is 10.2. The second-order valence-corrected chi connectivity index (χ2v) is 4.00. The van der Waals surface area contributed by atoms with E-state index >= 15 is 0 Å². The maximum Gasteiger partial charge on any atom is 0.229 e. The van der Waals surface area contributed by atoms with Crippen LogP contribution < -0.4 is 0 Å². The summed E-state index contributed by atoms with van der Waals surface area (Å²) in [6, 6.07) is 7.45. The first-order chi connectivity index (χ1) is 7.18. The summed E-state index contributed by atoms with van der Waals surface area (Å²) in [5.74, 6) is 1.41. The van der Waals surface area contributed by atoms with E-state index in [-0.39, 0.29) is 5.92 Å². The first-order valence-electron chi connectivity index (χ1n) is 4.77. The number of aromatic nitrogens is 2. The standard InChI is InChI=1S/C11H11ClN2O/c1-7(2)11-13-10(14-15-11)8-5-3-4-6-9(8)12/h3-7H,1-2H3. The average molecular weight is 223 g/mol. The molecule has 0 atom stereocenters. The Morgan fingerprint density at radius 1 is 1.27 bits per heavy atom. The van der Waals surface area contributed by atoms with E-state index in [0.717, 1.165) is 5.56 Å². The normalized spacial score (nSPS) is 10.9. The summed E-state index contributed by atoms with van der Waals surface area (Å²) < 4.78 is 5.12. The zero-order valence-electron chi connectivity index (χ0n) is 8.57. The van der Waals surface area contributed by atoms with E-state index < -0.39 is 0 Å². The van der Waals surface area contributed by atoms with Gasteiger partial charge in [-0.15, -0.1) is 0 Å². The molecule has 0 amide bonds. The Kier molecular flexibility index (Phi) is 2.73. The number of rotatable bonds is 2. The van der Waals surface area contributed by atoms with E-state index in [2.05, 4.69) is 10.1 Å². The third kappa shape index (κ3) is 2.02. The van der Waals surface area contributed by atoms with Crippen LogP contribution in [0.2, 0.25) is 5.02 Å². The second kappa shape index (κ2) is 4.03. The van der Waals surface area contributed by atoms with Gasteiger partial charge in [-0.1, -0.05) is 42.7 Å². The summed E-state index contributed by atoms with van der Waals surface area (Å²) in [6.07, 6.45) is 0. The van der Waals surface area contributed by atoms with Gasteiger partial charge in [0.1, 0.15) is 0 Å². The molecule has 3 nitrogen and oxygen atoms in total. The molecule has 0 saturated carbocycles. The molecule has 1 aromatic heterocycles. The maximum atomic E-state index is 6.03. The predicted molar refractivity (Wildman–Crippen MR) is 58.8 cm³/mol. The molecular weight excluding hydrogens is 212 g/mol. The van der Waals surface area contributed by atoms with Crippen molar-refractivity contribution in [1.82, 2.24) is 10.1 Å². The molecular formula is C11H11ClN2O. The molecule has 4 heteroatoms. The van der Waals surface area contributed by atoms with E-state index in [1.165, 1.54) is 0 Å². The lowest BCUT2D eigenvalue weighted by Gasteiger charge is -1.96. The van der Waals surface area contributed by atoms with E-state index in [0.29, 0.717) is 16.7 Å². The van der Waals surface area contributed by atoms with Gasteiger partial charge < -0.3 is 4.52 Å². The molecule has 0 N–H and O–H groups in total. The maximum absolute atomic E-state index is 6.03. The minimum Gasteiger partial charge on any atom is -0.339 e. The molecule has 0 saturated heterocycles. The first kappa shape index (κ1) is 10.2. The van der Waals surface area contributed by atoms with Crippen molar-refractivity contribution in [2.75, 3.05) is 0 Å². The van der Waals surface area contributed by atoms with Crippen molar-refractivity contribution in [1.29, 1.82) is 0 Å². The van der Waals surface area contributed by atoms with Crippen molar-refractivity contribution in [3.63, 3.8) is 0 Å². The van der Waals surface area contributed by atoms with Crippen LogP contribution in [0.4, 0.5) is 0 Å². The highest BCUT2D eigenvalue weighted by atomic mass is 35.5. The summed E-state index contributed by atoms with van der Waals surface area (Å²) in [6.45, 7) is 4.01. The SMILES string of the molecule is CC(C)c1nc(-c2ccccc2Cl)no1. The third-order valence-corrected chi connectivity index (χ3v) is 2.38. The molecule has 2 aromatic rings. The predicted octanol–water partition coefficient (Wildman–Crippen LogP) is 3.51. The molecule has 0 fully saturated rings. The lowest BCUT2D eigenvalue weighted by molar-refractivity contribution is 0.365. The fraction of sp³-hybridized carbons (Fsp3) is 0.273. The van der Waals surface area contributed by atoms with E-state index in [1.807, 2.05) is 38.1 Å². The van der Waals surface area contributed by atoms with Crippen molar-refractivity contribution in [3.05, 3.63) is 35.2 Å². The van der Waals surface area contributed by atoms with Crippen molar-refractivity contribution in [2.45, 2.75) is 19.8 Å². The third-order valence-electron chi connectivity index (χ3n) is 2.05. The molecule has 0 radical (unpaired) electrons. The summed E-state index contributed by atoms with van der Waals surface area (Å²) in [5, 5.41) is 4.53. The molecule has 0 spiro atoms. The quantitative estimate of drug-likeness (QED) is 0.781. The summed E-state index contributed by atoms with van der Waals surface area (Å²) in [4.78, 5) is 4.28. The first-order valence-corrected chi connectivity index (χ1v) is 5.15. The van der Waals surface area contributed by atoms with Crippen LogP contribution in [0.1, 0.15) is 25.7 Å². The molecule has 1 heterocycles. The smallest absolute Gasteiger partial charge is 0.229 e. The second-order valence-electron chi connectivity index (χ2n) is 3.59. The van der Waals surface area contributed by atoms with E-state index in [1.54, 1.807) is 0 Å². The topological polar surface area (TPSA) is 38.9 Å². The van der Waals surface area contributed by atoms with Crippen molar-refractivity contribution in [2.24, 2.45) is 0 Å². The summed E-state index contributed by atoms with van der Waals surface area (Å²) >= 11 is 6.03. The van der Waals surface area contributed by atoms with Gasteiger partial charge in [0, 0.05) is 11.5 Å². The fourth-order valence-electron chi connectivity index (χ4n) is 1.22. The zero-order valence-corrected chi connectivity index (χ0v) is 9.32. The van der Waals surface area contributed by atoms with Gasteiger partial charge in [-0.25, -0.2) is 0 Å². The van der Waals surface area contributed by atoms with Crippen LogP contribution in [0.5, 0.6) is 0 Å². The molecule has 1 aromatic carbocycles. The molecule has 0 unspecified atom stereocenters. The lowest BCUT2D eigenvalue weighted by Crippen LogP contribution is -1.87. The highest BCUT2D eigenvalue weighted by Gasteiger charge is 2.12. The van der Waals surface area contributed by atoms with E-state index in [9.17, 15) is 0 Å². The largest absolute Gasteiger partial charge is 0.339 e. The Morgan fingerprint density at radius 3 is 2.60 bits per heavy atom. The number of nitrogens with zero attached hydrogens (tertiary/aromatic N) is 2. The molecule has 0 aliphatic carbocycles. The zero-order chi connectivity index (χ0) is 10.8. The molecule has 0 bridgehead atoms. The van der Waals surface area contributed by atoms with Gasteiger partial charge in [-0.05, 0) is 12.1 Å². The number of benzene rings is 1. The number of halogens is 1. The van der Waals surface area contributed by atoms with Crippen LogP contribution in [-0.4, -0.2) is 10.1 Å². The van der Waals surface area contributed by atoms with Crippen LogP contribution >= 0.6 is 11.6 Å². The van der Waals surface area contributed by atoms with Gasteiger partial charge in [0.15, 0.2) is 0 Å². The van der Waals surface area contributed by atoms with Crippen molar-refractivity contribution in [3.8, 4) is 11.4 Å². The van der Waals surface area contributed by atoms with Gasteiger partial charge in [0.05, 0.1) is 5.02 Å². The van der Waals surface area contributed by atoms with Crippen molar-refractivity contribution < 1.29 is 4.52 Å². The molecule has 0 aliphatic rings.